The molecule has 1 aliphatic heterocycles. The second-order valence-electron chi connectivity index (χ2n) is 5.97. The van der Waals surface area contributed by atoms with Crippen LogP contribution in [0.3, 0.4) is 0 Å². The third-order valence-electron chi connectivity index (χ3n) is 4.24. The van der Waals surface area contributed by atoms with Crippen molar-refractivity contribution in [2.24, 2.45) is 0 Å². The molecule has 3 aromatic rings. The zero-order chi connectivity index (χ0) is 17.1. The molecule has 0 saturated carbocycles. The molecular formula is C19H18N4OS. The van der Waals surface area contributed by atoms with Crippen LogP contribution in [-0.4, -0.2) is 29.0 Å². The smallest absolute Gasteiger partial charge is 0.255 e. The van der Waals surface area contributed by atoms with Gasteiger partial charge in [0.1, 0.15) is 0 Å². The summed E-state index contributed by atoms with van der Waals surface area (Å²) >= 11 is 1.68. The summed E-state index contributed by atoms with van der Waals surface area (Å²) in [5.41, 5.74) is 2.34. The third kappa shape index (κ3) is 3.53. The minimum Gasteiger partial charge on any atom is -0.341 e. The fourth-order valence-corrected chi connectivity index (χ4v) is 3.63. The molecule has 1 N–H and O–H groups in total. The minimum atomic E-state index is -0.157. The van der Waals surface area contributed by atoms with Crippen LogP contribution in [0.2, 0.25) is 0 Å². The van der Waals surface area contributed by atoms with Crippen molar-refractivity contribution in [3.63, 3.8) is 0 Å². The molecule has 6 heteroatoms. The van der Waals surface area contributed by atoms with Gasteiger partial charge in [-0.25, -0.2) is 9.97 Å². The maximum atomic E-state index is 12.4. The van der Waals surface area contributed by atoms with E-state index in [9.17, 15) is 4.79 Å². The van der Waals surface area contributed by atoms with Gasteiger partial charge in [0, 0.05) is 23.5 Å². The van der Waals surface area contributed by atoms with Crippen LogP contribution in [-0.2, 0) is 0 Å². The highest BCUT2D eigenvalue weighted by atomic mass is 32.1. The number of nitrogens with one attached hydrogen (secondary N) is 1. The highest BCUT2D eigenvalue weighted by Crippen LogP contribution is 2.25. The summed E-state index contributed by atoms with van der Waals surface area (Å²) in [5, 5.41) is 4.89. The molecule has 3 heterocycles. The molecule has 1 fully saturated rings. The predicted molar refractivity (Wildman–Crippen MR) is 101 cm³/mol. The number of benzene rings is 1. The summed E-state index contributed by atoms with van der Waals surface area (Å²) in [5.74, 6) is 0.575. The zero-order valence-corrected chi connectivity index (χ0v) is 14.5. The molecular weight excluding hydrogens is 332 g/mol. The Morgan fingerprint density at radius 1 is 1.04 bits per heavy atom. The fourth-order valence-electron chi connectivity index (χ4n) is 2.90. The number of aromatic nitrogens is 2. The quantitative estimate of drug-likeness (QED) is 0.771. The van der Waals surface area contributed by atoms with E-state index in [1.165, 1.54) is 17.7 Å². The van der Waals surface area contributed by atoms with Crippen molar-refractivity contribution in [3.05, 3.63) is 59.7 Å². The van der Waals surface area contributed by atoms with Crippen molar-refractivity contribution < 1.29 is 4.79 Å². The van der Waals surface area contributed by atoms with Gasteiger partial charge in [0.15, 0.2) is 0 Å². The first-order chi connectivity index (χ1) is 12.3. The maximum absolute atomic E-state index is 12.4. The molecule has 1 aromatic carbocycles. The first kappa shape index (κ1) is 15.8. The highest BCUT2D eigenvalue weighted by molar-refractivity contribution is 7.13. The van der Waals surface area contributed by atoms with Crippen LogP contribution >= 0.6 is 11.3 Å². The molecule has 126 valence electrons. The number of hydrogen-bond acceptors (Lipinski definition) is 5. The number of hydrogen-bond donors (Lipinski definition) is 1. The van der Waals surface area contributed by atoms with Gasteiger partial charge in [0.2, 0.25) is 5.95 Å². The van der Waals surface area contributed by atoms with Crippen LogP contribution in [0, 0.1) is 0 Å². The second-order valence-corrected chi connectivity index (χ2v) is 6.92. The van der Waals surface area contributed by atoms with Crippen molar-refractivity contribution in [3.8, 4) is 10.4 Å². The lowest BCUT2D eigenvalue weighted by molar-refractivity contribution is 0.102. The normalized spacial score (nSPS) is 13.8. The first-order valence-electron chi connectivity index (χ1n) is 8.32. The van der Waals surface area contributed by atoms with Gasteiger partial charge in [-0.3, -0.25) is 4.79 Å². The Bertz CT molecular complexity index is 838. The van der Waals surface area contributed by atoms with Crippen molar-refractivity contribution in [2.45, 2.75) is 12.8 Å². The molecule has 0 radical (unpaired) electrons. The predicted octanol–water partition coefficient (Wildman–Crippen LogP) is 4.06. The number of thiophene rings is 1. The van der Waals surface area contributed by atoms with Crippen LogP contribution in [0.4, 0.5) is 11.6 Å². The Labute approximate surface area is 150 Å². The SMILES string of the molecule is O=C(Nc1cnc(N2CCCC2)nc1)c1ccc(-c2cccs2)cc1. The van der Waals surface area contributed by atoms with E-state index in [-0.39, 0.29) is 5.91 Å². The van der Waals surface area contributed by atoms with Crippen LogP contribution in [0.1, 0.15) is 23.2 Å². The van der Waals surface area contributed by atoms with Crippen LogP contribution in [0.15, 0.2) is 54.2 Å². The number of carbonyl (C=O) groups is 1. The van der Waals surface area contributed by atoms with E-state index in [1.807, 2.05) is 35.7 Å². The lowest BCUT2D eigenvalue weighted by Crippen LogP contribution is -2.20. The molecule has 5 nitrogen and oxygen atoms in total. The summed E-state index contributed by atoms with van der Waals surface area (Å²) in [6, 6.07) is 11.7. The molecule has 0 spiro atoms. The Morgan fingerprint density at radius 2 is 1.76 bits per heavy atom. The number of anilines is 2. The second kappa shape index (κ2) is 7.03. The van der Waals surface area contributed by atoms with E-state index >= 15 is 0 Å². The molecule has 1 saturated heterocycles. The number of rotatable bonds is 4. The van der Waals surface area contributed by atoms with Gasteiger partial charge in [-0.05, 0) is 42.0 Å². The van der Waals surface area contributed by atoms with E-state index < -0.39 is 0 Å². The lowest BCUT2D eigenvalue weighted by atomic mass is 10.1. The topological polar surface area (TPSA) is 58.1 Å². The Hall–Kier alpha value is -2.73. The third-order valence-corrected chi connectivity index (χ3v) is 5.16. The standard InChI is InChI=1S/C19H18N4OS/c24-18(15-7-5-14(6-8-15)17-4-3-11-25-17)22-16-12-20-19(21-13-16)23-9-1-2-10-23/h3-8,11-13H,1-2,9-10H2,(H,22,24). The Balaban J connectivity index is 1.42. The Kier molecular flexibility index (Phi) is 4.43. The van der Waals surface area contributed by atoms with Gasteiger partial charge >= 0.3 is 0 Å². The zero-order valence-electron chi connectivity index (χ0n) is 13.7. The molecule has 0 aliphatic carbocycles. The van der Waals surface area contributed by atoms with Crippen molar-refractivity contribution in [2.75, 3.05) is 23.3 Å². The molecule has 1 amide bonds. The summed E-state index contributed by atoms with van der Waals surface area (Å²) in [7, 11) is 0. The minimum absolute atomic E-state index is 0.157. The Morgan fingerprint density at radius 3 is 2.40 bits per heavy atom. The maximum Gasteiger partial charge on any atom is 0.255 e. The summed E-state index contributed by atoms with van der Waals surface area (Å²) in [4.78, 5) is 24.4. The van der Waals surface area contributed by atoms with Crippen LogP contribution in [0.5, 0.6) is 0 Å². The molecule has 0 bridgehead atoms. The first-order valence-corrected chi connectivity index (χ1v) is 9.20. The van der Waals surface area contributed by atoms with Crippen molar-refractivity contribution >= 4 is 28.9 Å². The van der Waals surface area contributed by atoms with Gasteiger partial charge in [-0.1, -0.05) is 18.2 Å². The van der Waals surface area contributed by atoms with Gasteiger partial charge in [-0.2, -0.15) is 0 Å². The van der Waals surface area contributed by atoms with Crippen molar-refractivity contribution in [1.29, 1.82) is 0 Å². The van der Waals surface area contributed by atoms with Crippen LogP contribution < -0.4 is 10.2 Å². The monoisotopic (exact) mass is 350 g/mol. The van der Waals surface area contributed by atoms with Crippen molar-refractivity contribution in [1.82, 2.24) is 9.97 Å². The average Bonchev–Trinajstić information content (AvgIpc) is 3.36. The molecule has 2 aromatic heterocycles. The largest absolute Gasteiger partial charge is 0.341 e. The lowest BCUT2D eigenvalue weighted by Gasteiger charge is -2.14. The number of amides is 1. The van der Waals surface area contributed by atoms with Gasteiger partial charge in [0.05, 0.1) is 18.1 Å². The fraction of sp³-hybridized carbons (Fsp3) is 0.211. The molecule has 25 heavy (non-hydrogen) atoms. The molecule has 1 aliphatic rings. The number of carbonyl (C=O) groups excluding carboxylic acids is 1. The van der Waals surface area contributed by atoms with Crippen LogP contribution in [0.25, 0.3) is 10.4 Å². The molecule has 0 atom stereocenters. The van der Waals surface area contributed by atoms with E-state index in [4.69, 9.17) is 0 Å². The van der Waals surface area contributed by atoms with E-state index in [2.05, 4.69) is 26.3 Å². The molecule has 4 rings (SSSR count). The van der Waals surface area contributed by atoms with Gasteiger partial charge < -0.3 is 10.2 Å². The summed E-state index contributed by atoms with van der Waals surface area (Å²) in [6.45, 7) is 2.00. The summed E-state index contributed by atoms with van der Waals surface area (Å²) in [6.07, 6.45) is 5.70. The highest BCUT2D eigenvalue weighted by Gasteiger charge is 2.15. The van der Waals surface area contributed by atoms with E-state index in [1.54, 1.807) is 23.7 Å². The van der Waals surface area contributed by atoms with Gasteiger partial charge in [0.25, 0.3) is 5.91 Å². The van der Waals surface area contributed by atoms with E-state index in [0.29, 0.717) is 11.3 Å². The number of nitrogens with zero attached hydrogens (tertiary/aromatic N) is 3. The van der Waals surface area contributed by atoms with Gasteiger partial charge in [-0.15, -0.1) is 11.3 Å². The molecule has 0 unspecified atom stereocenters. The average molecular weight is 350 g/mol. The summed E-state index contributed by atoms with van der Waals surface area (Å²) < 4.78 is 0. The van der Waals surface area contributed by atoms with E-state index in [0.717, 1.165) is 24.6 Å².